The summed E-state index contributed by atoms with van der Waals surface area (Å²) in [5.74, 6) is 0.314. The molecule has 0 aliphatic carbocycles. The number of piperidine rings is 1. The van der Waals surface area contributed by atoms with E-state index < -0.39 is 10.0 Å². The van der Waals surface area contributed by atoms with E-state index in [1.54, 1.807) is 16.4 Å². The summed E-state index contributed by atoms with van der Waals surface area (Å²) >= 11 is 9.21. The van der Waals surface area contributed by atoms with Crippen LogP contribution in [0.15, 0.2) is 27.6 Å². The molecule has 1 saturated heterocycles. The highest BCUT2D eigenvalue weighted by molar-refractivity contribution is 9.10. The Bertz CT molecular complexity index is 589. The minimum absolute atomic E-state index is 0.125. The average Bonchev–Trinajstić information content (AvgIpc) is 2.48. The molecule has 0 saturated carbocycles. The third-order valence-electron chi connectivity index (χ3n) is 3.93. The minimum atomic E-state index is -3.47. The standard InChI is InChI=1S/C15H21BrClNO2S/c1-2-5-13-6-3-4-9-18(13)21(19,20)15-10-12(11-17)7-8-14(15)16/h7-8,10,13H,2-6,9,11H2,1H3. The fourth-order valence-corrected chi connectivity index (χ4v) is 5.73. The monoisotopic (exact) mass is 393 g/mol. The van der Waals surface area contributed by atoms with Crippen LogP contribution >= 0.6 is 27.5 Å². The van der Waals surface area contributed by atoms with Gasteiger partial charge in [-0.05, 0) is 52.9 Å². The van der Waals surface area contributed by atoms with Gasteiger partial charge in [0.2, 0.25) is 10.0 Å². The largest absolute Gasteiger partial charge is 0.244 e. The molecule has 1 aromatic rings. The lowest BCUT2D eigenvalue weighted by atomic mass is 10.0. The molecule has 1 atom stereocenters. The van der Waals surface area contributed by atoms with Gasteiger partial charge in [0.1, 0.15) is 0 Å². The number of hydrogen-bond acceptors (Lipinski definition) is 2. The smallest absolute Gasteiger partial charge is 0.207 e. The van der Waals surface area contributed by atoms with Crippen LogP contribution in [0.3, 0.4) is 0 Å². The van der Waals surface area contributed by atoms with Crippen LogP contribution in [0.1, 0.15) is 44.6 Å². The lowest BCUT2D eigenvalue weighted by Crippen LogP contribution is -2.43. The first-order chi connectivity index (χ1) is 10.0. The number of nitrogens with zero attached hydrogens (tertiary/aromatic N) is 1. The first-order valence-corrected chi connectivity index (χ1v) is 10.1. The summed E-state index contributed by atoms with van der Waals surface area (Å²) in [7, 11) is -3.47. The topological polar surface area (TPSA) is 37.4 Å². The van der Waals surface area contributed by atoms with E-state index in [0.29, 0.717) is 21.8 Å². The summed E-state index contributed by atoms with van der Waals surface area (Å²) < 4.78 is 28.3. The van der Waals surface area contributed by atoms with Crippen molar-refractivity contribution in [1.82, 2.24) is 4.31 Å². The Labute approximate surface area is 140 Å². The molecule has 118 valence electrons. The zero-order valence-corrected chi connectivity index (χ0v) is 15.3. The van der Waals surface area contributed by atoms with Crippen LogP contribution in [0.5, 0.6) is 0 Å². The van der Waals surface area contributed by atoms with Gasteiger partial charge in [0.05, 0.1) is 4.90 Å². The third-order valence-corrected chi connectivity index (χ3v) is 7.19. The van der Waals surface area contributed by atoms with E-state index in [4.69, 9.17) is 11.6 Å². The predicted molar refractivity (Wildman–Crippen MR) is 90.1 cm³/mol. The molecule has 2 rings (SSSR count). The molecule has 0 bridgehead atoms. The lowest BCUT2D eigenvalue weighted by Gasteiger charge is -2.35. The van der Waals surface area contributed by atoms with Gasteiger partial charge in [0, 0.05) is 22.9 Å². The third kappa shape index (κ3) is 3.81. The van der Waals surface area contributed by atoms with Crippen LogP contribution in [0.25, 0.3) is 0 Å². The van der Waals surface area contributed by atoms with Crippen LogP contribution in [0, 0.1) is 0 Å². The Balaban J connectivity index is 2.40. The van der Waals surface area contributed by atoms with Gasteiger partial charge in [-0.15, -0.1) is 11.6 Å². The number of hydrogen-bond donors (Lipinski definition) is 0. The molecule has 0 N–H and O–H groups in total. The van der Waals surface area contributed by atoms with E-state index in [-0.39, 0.29) is 6.04 Å². The normalized spacial score (nSPS) is 20.6. The van der Waals surface area contributed by atoms with Crippen molar-refractivity contribution >= 4 is 37.6 Å². The van der Waals surface area contributed by atoms with E-state index in [1.807, 2.05) is 6.07 Å². The van der Waals surface area contributed by atoms with Gasteiger partial charge in [-0.2, -0.15) is 4.31 Å². The van der Waals surface area contributed by atoms with Crippen molar-refractivity contribution in [1.29, 1.82) is 0 Å². The Kier molecular flexibility index (Phi) is 6.12. The summed E-state index contributed by atoms with van der Waals surface area (Å²) in [6.45, 7) is 2.72. The highest BCUT2D eigenvalue weighted by Gasteiger charge is 2.34. The first-order valence-electron chi connectivity index (χ1n) is 7.37. The molecule has 1 aromatic carbocycles. The molecule has 0 spiro atoms. The van der Waals surface area contributed by atoms with Crippen LogP contribution in [0.2, 0.25) is 0 Å². The quantitative estimate of drug-likeness (QED) is 0.688. The molecule has 0 aromatic heterocycles. The van der Waals surface area contributed by atoms with Gasteiger partial charge in [-0.1, -0.05) is 25.8 Å². The summed E-state index contributed by atoms with van der Waals surface area (Å²) in [6.07, 6.45) is 4.93. The molecule has 3 nitrogen and oxygen atoms in total. The fourth-order valence-electron chi connectivity index (χ4n) is 2.87. The van der Waals surface area contributed by atoms with Crippen molar-refractivity contribution < 1.29 is 8.42 Å². The highest BCUT2D eigenvalue weighted by Crippen LogP contribution is 2.32. The van der Waals surface area contributed by atoms with E-state index >= 15 is 0 Å². The van der Waals surface area contributed by atoms with Crippen molar-refractivity contribution in [3.63, 3.8) is 0 Å². The van der Waals surface area contributed by atoms with Crippen molar-refractivity contribution in [3.8, 4) is 0 Å². The number of sulfonamides is 1. The second-order valence-electron chi connectivity index (χ2n) is 5.45. The summed E-state index contributed by atoms with van der Waals surface area (Å²) in [4.78, 5) is 0.337. The zero-order chi connectivity index (χ0) is 15.5. The highest BCUT2D eigenvalue weighted by atomic mass is 79.9. The van der Waals surface area contributed by atoms with Crippen LogP contribution in [-0.4, -0.2) is 25.3 Å². The van der Waals surface area contributed by atoms with Gasteiger partial charge in [-0.25, -0.2) is 8.42 Å². The van der Waals surface area contributed by atoms with Crippen LogP contribution < -0.4 is 0 Å². The molecule has 0 radical (unpaired) electrons. The number of halogens is 2. The van der Waals surface area contributed by atoms with Gasteiger partial charge in [0.15, 0.2) is 0 Å². The van der Waals surface area contributed by atoms with Gasteiger partial charge in [0.25, 0.3) is 0 Å². The molecule has 1 aliphatic heterocycles. The van der Waals surface area contributed by atoms with Gasteiger partial charge >= 0.3 is 0 Å². The van der Waals surface area contributed by atoms with Crippen molar-refractivity contribution in [2.75, 3.05) is 6.54 Å². The van der Waals surface area contributed by atoms with Gasteiger partial charge in [-0.3, -0.25) is 0 Å². The Morgan fingerprint density at radius 1 is 1.38 bits per heavy atom. The number of benzene rings is 1. The van der Waals surface area contributed by atoms with Crippen molar-refractivity contribution in [2.45, 2.75) is 55.8 Å². The summed E-state index contributed by atoms with van der Waals surface area (Å²) in [5, 5.41) is 0. The van der Waals surface area contributed by atoms with Crippen LogP contribution in [0.4, 0.5) is 0 Å². The molecule has 1 fully saturated rings. The molecule has 6 heteroatoms. The molecule has 1 unspecified atom stereocenters. The number of rotatable bonds is 5. The van der Waals surface area contributed by atoms with Crippen molar-refractivity contribution in [3.05, 3.63) is 28.2 Å². The number of alkyl halides is 1. The SMILES string of the molecule is CCCC1CCCCN1S(=O)(=O)c1cc(CCl)ccc1Br. The summed E-state index contributed by atoms with van der Waals surface area (Å²) in [5.41, 5.74) is 0.822. The second-order valence-corrected chi connectivity index (χ2v) is 8.43. The summed E-state index contributed by atoms with van der Waals surface area (Å²) in [6, 6.07) is 5.42. The molecule has 1 aliphatic rings. The molecule has 21 heavy (non-hydrogen) atoms. The van der Waals surface area contributed by atoms with Crippen molar-refractivity contribution in [2.24, 2.45) is 0 Å². The molecular weight excluding hydrogens is 374 g/mol. The Hall–Kier alpha value is -0.100. The van der Waals surface area contributed by atoms with E-state index in [1.165, 1.54) is 0 Å². The maximum Gasteiger partial charge on any atom is 0.244 e. The molecular formula is C15H21BrClNO2S. The maximum absolute atomic E-state index is 13.0. The fraction of sp³-hybridized carbons (Fsp3) is 0.600. The first kappa shape index (κ1) is 17.3. The minimum Gasteiger partial charge on any atom is -0.207 e. The van der Waals surface area contributed by atoms with Gasteiger partial charge < -0.3 is 0 Å². The zero-order valence-electron chi connectivity index (χ0n) is 12.2. The second kappa shape index (κ2) is 7.44. The van der Waals surface area contributed by atoms with E-state index in [9.17, 15) is 8.42 Å². The lowest BCUT2D eigenvalue weighted by molar-refractivity contribution is 0.239. The Morgan fingerprint density at radius 3 is 2.81 bits per heavy atom. The molecule has 1 heterocycles. The maximum atomic E-state index is 13.0. The van der Waals surface area contributed by atoms with E-state index in [0.717, 1.165) is 37.7 Å². The van der Waals surface area contributed by atoms with Crippen LogP contribution in [-0.2, 0) is 15.9 Å². The van der Waals surface area contributed by atoms with E-state index in [2.05, 4.69) is 22.9 Å². The predicted octanol–water partition coefficient (Wildman–Crippen LogP) is 4.53. The Morgan fingerprint density at radius 2 is 2.14 bits per heavy atom. The molecule has 0 amide bonds. The average molecular weight is 395 g/mol.